The third-order valence-electron chi connectivity index (χ3n) is 3.89. The van der Waals surface area contributed by atoms with Crippen molar-refractivity contribution in [2.24, 2.45) is 5.92 Å². The summed E-state index contributed by atoms with van der Waals surface area (Å²) >= 11 is 5.87. The first-order valence-electron chi connectivity index (χ1n) is 7.58. The van der Waals surface area contributed by atoms with Crippen LogP contribution in [0.4, 0.5) is 11.8 Å². The Kier molecular flexibility index (Phi) is 4.83. The van der Waals surface area contributed by atoms with E-state index in [1.807, 2.05) is 0 Å². The smallest absolute Gasteiger partial charge is 0.222 e. The summed E-state index contributed by atoms with van der Waals surface area (Å²) in [6, 6.07) is 7.05. The lowest BCUT2D eigenvalue weighted by Crippen LogP contribution is -2.14. The number of hydrogen-bond acceptors (Lipinski definition) is 6. The van der Waals surface area contributed by atoms with Gasteiger partial charge < -0.3 is 20.9 Å². The number of nitrogens with one attached hydrogen (secondary N) is 1. The van der Waals surface area contributed by atoms with Crippen LogP contribution < -0.4 is 15.8 Å². The van der Waals surface area contributed by atoms with Crippen LogP contribution in [-0.2, 0) is 0 Å². The number of nitrogen functional groups attached to an aromatic ring is 1. The molecule has 1 heterocycles. The zero-order valence-electron chi connectivity index (χ0n) is 12.6. The number of nitrogens with two attached hydrogens (primary N) is 1. The molecule has 0 radical (unpaired) electrons. The Morgan fingerprint density at radius 3 is 2.78 bits per heavy atom. The molecular weight excluding hydrogens is 316 g/mol. The van der Waals surface area contributed by atoms with Crippen LogP contribution >= 0.6 is 11.6 Å². The Bertz CT molecular complexity index is 666. The van der Waals surface area contributed by atoms with Gasteiger partial charge in [-0.3, -0.25) is 0 Å². The molecule has 1 saturated carbocycles. The van der Waals surface area contributed by atoms with E-state index in [1.165, 1.54) is 0 Å². The molecule has 0 aliphatic heterocycles. The summed E-state index contributed by atoms with van der Waals surface area (Å²) in [5, 5.41) is 13.5. The molecule has 1 aliphatic carbocycles. The number of halogens is 1. The van der Waals surface area contributed by atoms with Crippen molar-refractivity contribution in [2.45, 2.75) is 25.4 Å². The van der Waals surface area contributed by atoms with Crippen molar-refractivity contribution in [3.8, 4) is 11.5 Å². The highest BCUT2D eigenvalue weighted by Gasteiger charge is 2.23. The molecule has 3 rings (SSSR count). The topological polar surface area (TPSA) is 93.3 Å². The monoisotopic (exact) mass is 334 g/mol. The Morgan fingerprint density at radius 1 is 1.30 bits per heavy atom. The Hall–Kier alpha value is -2.05. The molecule has 0 bridgehead atoms. The molecule has 1 fully saturated rings. The maximum absolute atomic E-state index is 9.60. The van der Waals surface area contributed by atoms with Gasteiger partial charge in [-0.15, -0.1) is 0 Å². The van der Waals surface area contributed by atoms with Gasteiger partial charge in [0.05, 0.1) is 12.3 Å². The summed E-state index contributed by atoms with van der Waals surface area (Å²) in [5.41, 5.74) is 5.67. The second kappa shape index (κ2) is 7.02. The molecule has 6 nitrogen and oxygen atoms in total. The third kappa shape index (κ3) is 4.24. The molecule has 0 spiro atoms. The lowest BCUT2D eigenvalue weighted by atomic mass is 10.1. The van der Waals surface area contributed by atoms with Crippen molar-refractivity contribution in [1.29, 1.82) is 0 Å². The van der Waals surface area contributed by atoms with Crippen LogP contribution in [0.1, 0.15) is 19.3 Å². The summed E-state index contributed by atoms with van der Waals surface area (Å²) in [7, 11) is 0. The number of hydrogen-bond donors (Lipinski definition) is 3. The standard InChI is InChI=1S/C16H19ClN4O2/c17-11-2-5-13(6-3-11)23-14-9-20-16(18)21-15(14)19-8-10-1-4-12(22)7-10/h2-3,5-6,9-10,12,22H,1,4,7-8H2,(H3,18,19,20,21)/t10-,12+/m1/s1. The predicted molar refractivity (Wildman–Crippen MR) is 89.8 cm³/mol. The first-order valence-corrected chi connectivity index (χ1v) is 7.96. The van der Waals surface area contributed by atoms with Crippen molar-refractivity contribution in [1.82, 2.24) is 9.97 Å². The lowest BCUT2D eigenvalue weighted by Gasteiger charge is -2.15. The zero-order valence-corrected chi connectivity index (χ0v) is 13.3. The van der Waals surface area contributed by atoms with Gasteiger partial charge in [-0.2, -0.15) is 4.98 Å². The van der Waals surface area contributed by atoms with Gasteiger partial charge in [-0.1, -0.05) is 11.6 Å². The van der Waals surface area contributed by atoms with E-state index in [0.29, 0.717) is 34.8 Å². The highest BCUT2D eigenvalue weighted by atomic mass is 35.5. The average molecular weight is 335 g/mol. The number of aliphatic hydroxyl groups excluding tert-OH is 1. The number of nitrogens with zero attached hydrogens (tertiary/aromatic N) is 2. The quantitative estimate of drug-likeness (QED) is 0.778. The van der Waals surface area contributed by atoms with Crippen LogP contribution in [0.3, 0.4) is 0 Å². The minimum Gasteiger partial charge on any atom is -0.452 e. The molecule has 2 aromatic rings. The van der Waals surface area contributed by atoms with Gasteiger partial charge in [-0.25, -0.2) is 4.98 Å². The van der Waals surface area contributed by atoms with E-state index in [4.69, 9.17) is 22.1 Å². The maximum atomic E-state index is 9.60. The van der Waals surface area contributed by atoms with Crippen LogP contribution in [0.5, 0.6) is 11.5 Å². The molecule has 1 aromatic heterocycles. The van der Waals surface area contributed by atoms with Gasteiger partial charge >= 0.3 is 0 Å². The molecule has 0 unspecified atom stereocenters. The summed E-state index contributed by atoms with van der Waals surface area (Å²) in [4.78, 5) is 8.19. The van der Waals surface area contributed by atoms with Crippen molar-refractivity contribution < 1.29 is 9.84 Å². The number of aromatic nitrogens is 2. The number of ether oxygens (including phenoxy) is 1. The Balaban J connectivity index is 1.70. The number of aliphatic hydroxyl groups is 1. The molecule has 122 valence electrons. The first kappa shape index (κ1) is 15.8. The van der Waals surface area contributed by atoms with Crippen LogP contribution in [0.25, 0.3) is 0 Å². The van der Waals surface area contributed by atoms with Crippen LogP contribution in [-0.4, -0.2) is 27.7 Å². The van der Waals surface area contributed by atoms with E-state index < -0.39 is 0 Å². The molecule has 0 saturated heterocycles. The van der Waals surface area contributed by atoms with E-state index in [1.54, 1.807) is 30.5 Å². The van der Waals surface area contributed by atoms with Gasteiger partial charge in [0, 0.05) is 11.6 Å². The normalized spacial score (nSPS) is 20.4. The summed E-state index contributed by atoms with van der Waals surface area (Å²) in [5.74, 6) is 2.29. The second-order valence-electron chi connectivity index (χ2n) is 5.71. The van der Waals surface area contributed by atoms with E-state index in [9.17, 15) is 5.11 Å². The fraction of sp³-hybridized carbons (Fsp3) is 0.375. The minimum atomic E-state index is -0.193. The number of anilines is 2. The molecule has 0 amide bonds. The summed E-state index contributed by atoms with van der Waals surface area (Å²) in [6.45, 7) is 0.713. The Labute approximate surface area is 139 Å². The van der Waals surface area contributed by atoms with Crippen molar-refractivity contribution in [3.05, 3.63) is 35.5 Å². The average Bonchev–Trinajstić information content (AvgIpc) is 2.95. The fourth-order valence-electron chi connectivity index (χ4n) is 2.69. The predicted octanol–water partition coefficient (Wildman–Crippen LogP) is 3.08. The van der Waals surface area contributed by atoms with Gasteiger partial charge in [-0.05, 0) is 49.4 Å². The third-order valence-corrected chi connectivity index (χ3v) is 4.14. The summed E-state index contributed by atoms with van der Waals surface area (Å²) < 4.78 is 5.80. The van der Waals surface area contributed by atoms with Crippen LogP contribution in [0.2, 0.25) is 5.02 Å². The van der Waals surface area contributed by atoms with E-state index in [-0.39, 0.29) is 12.1 Å². The Morgan fingerprint density at radius 2 is 2.09 bits per heavy atom. The molecule has 23 heavy (non-hydrogen) atoms. The highest BCUT2D eigenvalue weighted by molar-refractivity contribution is 6.30. The van der Waals surface area contributed by atoms with Gasteiger partial charge in [0.15, 0.2) is 11.6 Å². The number of benzene rings is 1. The van der Waals surface area contributed by atoms with E-state index in [0.717, 1.165) is 19.3 Å². The van der Waals surface area contributed by atoms with Crippen molar-refractivity contribution >= 4 is 23.4 Å². The van der Waals surface area contributed by atoms with Crippen molar-refractivity contribution in [3.63, 3.8) is 0 Å². The van der Waals surface area contributed by atoms with Crippen LogP contribution in [0, 0.1) is 5.92 Å². The zero-order chi connectivity index (χ0) is 16.2. The molecular formula is C16H19ClN4O2. The van der Waals surface area contributed by atoms with E-state index >= 15 is 0 Å². The van der Waals surface area contributed by atoms with Gasteiger partial charge in [0.2, 0.25) is 5.95 Å². The largest absolute Gasteiger partial charge is 0.452 e. The summed E-state index contributed by atoms with van der Waals surface area (Å²) in [6.07, 6.45) is 4.01. The second-order valence-corrected chi connectivity index (χ2v) is 6.15. The van der Waals surface area contributed by atoms with Crippen LogP contribution in [0.15, 0.2) is 30.5 Å². The first-order chi connectivity index (χ1) is 11.1. The molecule has 4 N–H and O–H groups in total. The SMILES string of the molecule is Nc1ncc(Oc2ccc(Cl)cc2)c(NC[C@@H]2CC[C@H](O)C2)n1. The van der Waals surface area contributed by atoms with E-state index in [2.05, 4.69) is 15.3 Å². The molecule has 2 atom stereocenters. The molecule has 7 heteroatoms. The highest BCUT2D eigenvalue weighted by Crippen LogP contribution is 2.30. The maximum Gasteiger partial charge on any atom is 0.222 e. The van der Waals surface area contributed by atoms with Gasteiger partial charge in [0.25, 0.3) is 0 Å². The lowest BCUT2D eigenvalue weighted by molar-refractivity contribution is 0.178. The molecule has 1 aliphatic rings. The fourth-order valence-corrected chi connectivity index (χ4v) is 2.82. The number of rotatable bonds is 5. The minimum absolute atomic E-state index is 0.183. The van der Waals surface area contributed by atoms with Gasteiger partial charge in [0.1, 0.15) is 5.75 Å². The van der Waals surface area contributed by atoms with Crippen molar-refractivity contribution in [2.75, 3.05) is 17.6 Å². The molecule has 1 aromatic carbocycles.